The Morgan fingerprint density at radius 3 is 1.89 bits per heavy atom. The topological polar surface area (TPSA) is 33.1 Å². The Morgan fingerprint density at radius 2 is 1.15 bits per heavy atom. The van der Waals surface area contributed by atoms with Gasteiger partial charge in [0.25, 0.3) is 0 Å². The quantitative estimate of drug-likeness (QED) is 0.221. The third-order valence-electron chi connectivity index (χ3n) is 9.00. The molecule has 0 fully saturated rings. The van der Waals surface area contributed by atoms with E-state index >= 15 is 0 Å². The summed E-state index contributed by atoms with van der Waals surface area (Å²) in [5.41, 5.74) is 13.6. The van der Waals surface area contributed by atoms with Crippen LogP contribution < -0.4 is 10.2 Å². The highest BCUT2D eigenvalue weighted by molar-refractivity contribution is 6.04. The SMILES string of the molecule is C1=CC(c2ccccc2)=CC(N2c3ccccc3-c3ccccc3-c3cc4nc(-c5ccccc5)n(-c5ccccc5)c4cc32)N1. The van der Waals surface area contributed by atoms with Gasteiger partial charge in [-0.05, 0) is 70.9 Å². The second-order valence-electron chi connectivity index (χ2n) is 11.7. The van der Waals surface area contributed by atoms with Crippen LogP contribution in [0.1, 0.15) is 5.56 Å². The zero-order valence-electron chi connectivity index (χ0n) is 25.1. The molecule has 0 saturated heterocycles. The van der Waals surface area contributed by atoms with Crippen LogP contribution in [0.15, 0.2) is 170 Å². The Morgan fingerprint density at radius 1 is 0.543 bits per heavy atom. The van der Waals surface area contributed by atoms with E-state index in [0.29, 0.717) is 0 Å². The lowest BCUT2D eigenvalue weighted by Gasteiger charge is -2.35. The molecular weight excluding hydrogens is 560 g/mol. The highest BCUT2D eigenvalue weighted by Gasteiger charge is 2.31. The van der Waals surface area contributed by atoms with Crippen LogP contribution in [0.3, 0.4) is 0 Å². The van der Waals surface area contributed by atoms with Crippen molar-refractivity contribution in [2.45, 2.75) is 6.17 Å². The van der Waals surface area contributed by atoms with Crippen LogP contribution >= 0.6 is 0 Å². The number of allylic oxidation sites excluding steroid dienone is 2. The van der Waals surface area contributed by atoms with Crippen LogP contribution in [0.25, 0.3) is 55.9 Å². The van der Waals surface area contributed by atoms with Crippen molar-refractivity contribution in [3.63, 3.8) is 0 Å². The molecule has 0 bridgehead atoms. The van der Waals surface area contributed by atoms with Crippen LogP contribution in [0.4, 0.5) is 11.4 Å². The standard InChI is InChI=1S/C42H30N4/c1-4-14-29(15-5-1)31-24-25-43-41(26-31)46-38-23-13-12-22-35(38)33-20-10-11-21-34(33)36-27-37-40(28-39(36)46)45(32-18-8-3-9-19-32)42(44-37)30-16-6-2-7-17-30/h1-28,41,43H. The van der Waals surface area contributed by atoms with E-state index in [1.165, 1.54) is 27.8 Å². The van der Waals surface area contributed by atoms with Gasteiger partial charge in [-0.1, -0.05) is 121 Å². The van der Waals surface area contributed by atoms with Crippen LogP contribution in [-0.2, 0) is 0 Å². The van der Waals surface area contributed by atoms with Crippen molar-refractivity contribution >= 4 is 28.0 Å². The molecule has 46 heavy (non-hydrogen) atoms. The Balaban J connectivity index is 1.35. The Bertz CT molecular complexity index is 2280. The van der Waals surface area contributed by atoms with Gasteiger partial charge in [-0.15, -0.1) is 0 Å². The van der Waals surface area contributed by atoms with E-state index in [4.69, 9.17) is 4.98 Å². The Labute approximate surface area is 268 Å². The molecule has 2 aliphatic heterocycles. The second kappa shape index (κ2) is 10.8. The smallest absolute Gasteiger partial charge is 0.145 e. The summed E-state index contributed by atoms with van der Waals surface area (Å²) in [6, 6.07) is 53.8. The Hall–Kier alpha value is -6.13. The molecule has 0 aliphatic carbocycles. The van der Waals surface area contributed by atoms with E-state index in [-0.39, 0.29) is 6.17 Å². The summed E-state index contributed by atoms with van der Waals surface area (Å²) >= 11 is 0. The molecule has 218 valence electrons. The zero-order chi connectivity index (χ0) is 30.5. The number of benzene rings is 6. The number of dihydropyridines is 1. The van der Waals surface area contributed by atoms with Crippen molar-refractivity contribution in [1.82, 2.24) is 14.9 Å². The van der Waals surface area contributed by atoms with Gasteiger partial charge in [0.05, 0.1) is 22.4 Å². The van der Waals surface area contributed by atoms with Gasteiger partial charge >= 0.3 is 0 Å². The highest BCUT2D eigenvalue weighted by Crippen LogP contribution is 2.50. The van der Waals surface area contributed by atoms with Gasteiger partial charge in [0.15, 0.2) is 0 Å². The fourth-order valence-corrected chi connectivity index (χ4v) is 6.92. The van der Waals surface area contributed by atoms with Gasteiger partial charge in [0.2, 0.25) is 0 Å². The molecule has 1 aromatic heterocycles. The molecule has 2 aliphatic rings. The molecule has 9 rings (SSSR count). The second-order valence-corrected chi connectivity index (χ2v) is 11.7. The molecule has 4 nitrogen and oxygen atoms in total. The number of anilines is 2. The van der Waals surface area contributed by atoms with Crippen molar-refractivity contribution in [2.24, 2.45) is 0 Å². The van der Waals surface area contributed by atoms with Crippen LogP contribution in [-0.4, -0.2) is 15.7 Å². The molecular formula is C42H30N4. The molecule has 7 aromatic rings. The number of hydrogen-bond donors (Lipinski definition) is 1. The van der Waals surface area contributed by atoms with E-state index in [9.17, 15) is 0 Å². The predicted octanol–water partition coefficient (Wildman–Crippen LogP) is 10.0. The summed E-state index contributed by atoms with van der Waals surface area (Å²) in [6.07, 6.45) is 6.44. The van der Waals surface area contributed by atoms with E-state index in [1.54, 1.807) is 0 Å². The predicted molar refractivity (Wildman–Crippen MR) is 190 cm³/mol. The third-order valence-corrected chi connectivity index (χ3v) is 9.00. The zero-order valence-corrected chi connectivity index (χ0v) is 25.1. The summed E-state index contributed by atoms with van der Waals surface area (Å²) in [6.45, 7) is 0. The van der Waals surface area contributed by atoms with E-state index in [1.807, 2.05) is 0 Å². The van der Waals surface area contributed by atoms with Crippen LogP contribution in [0.2, 0.25) is 0 Å². The number of nitrogens with zero attached hydrogens (tertiary/aromatic N) is 3. The summed E-state index contributed by atoms with van der Waals surface area (Å²) in [5.74, 6) is 0.923. The van der Waals surface area contributed by atoms with E-state index in [0.717, 1.165) is 45.0 Å². The van der Waals surface area contributed by atoms with Crippen molar-refractivity contribution < 1.29 is 0 Å². The summed E-state index contributed by atoms with van der Waals surface area (Å²) in [4.78, 5) is 7.77. The van der Waals surface area contributed by atoms with E-state index in [2.05, 4.69) is 185 Å². The van der Waals surface area contributed by atoms with Gasteiger partial charge < -0.3 is 10.2 Å². The molecule has 4 heteroatoms. The van der Waals surface area contributed by atoms with E-state index < -0.39 is 0 Å². The minimum Gasteiger partial charge on any atom is -0.368 e. The summed E-state index contributed by atoms with van der Waals surface area (Å²) in [5, 5.41) is 3.70. The lowest BCUT2D eigenvalue weighted by molar-refractivity contribution is 0.704. The lowest BCUT2D eigenvalue weighted by atomic mass is 9.94. The fourth-order valence-electron chi connectivity index (χ4n) is 6.92. The normalized spacial score (nSPS) is 14.9. The number of hydrogen-bond acceptors (Lipinski definition) is 3. The average molecular weight is 591 g/mol. The van der Waals surface area contributed by atoms with Gasteiger partial charge in [-0.3, -0.25) is 4.57 Å². The largest absolute Gasteiger partial charge is 0.368 e. The molecule has 6 aromatic carbocycles. The molecule has 0 amide bonds. The molecule has 1 atom stereocenters. The monoisotopic (exact) mass is 590 g/mol. The molecule has 0 spiro atoms. The number of aromatic nitrogens is 2. The Kier molecular flexibility index (Phi) is 6.17. The van der Waals surface area contributed by atoms with Crippen molar-refractivity contribution in [1.29, 1.82) is 0 Å². The minimum absolute atomic E-state index is 0.131. The molecule has 3 heterocycles. The number of imidazole rings is 1. The fraction of sp³-hybridized carbons (Fsp3) is 0.0238. The van der Waals surface area contributed by atoms with Crippen molar-refractivity contribution in [2.75, 3.05) is 4.90 Å². The first-order valence-corrected chi connectivity index (χ1v) is 15.7. The maximum atomic E-state index is 5.32. The van der Waals surface area contributed by atoms with Crippen molar-refractivity contribution in [3.05, 3.63) is 176 Å². The molecule has 0 radical (unpaired) electrons. The highest BCUT2D eigenvalue weighted by atomic mass is 15.3. The first kappa shape index (κ1) is 26.3. The first-order chi connectivity index (χ1) is 22.8. The van der Waals surface area contributed by atoms with Gasteiger partial charge in [0, 0.05) is 22.4 Å². The first-order valence-electron chi connectivity index (χ1n) is 15.7. The van der Waals surface area contributed by atoms with Crippen LogP contribution in [0, 0.1) is 0 Å². The maximum absolute atomic E-state index is 5.32. The number of para-hydroxylation sites is 2. The number of rotatable bonds is 4. The van der Waals surface area contributed by atoms with Gasteiger partial charge in [-0.2, -0.15) is 0 Å². The number of fused-ring (bicyclic) bond motifs is 6. The van der Waals surface area contributed by atoms with Crippen LogP contribution in [0.5, 0.6) is 0 Å². The van der Waals surface area contributed by atoms with Gasteiger partial charge in [-0.25, -0.2) is 4.98 Å². The molecule has 0 saturated carbocycles. The molecule has 1 N–H and O–H groups in total. The number of nitrogens with one attached hydrogen (secondary N) is 1. The molecule has 1 unspecified atom stereocenters. The summed E-state index contributed by atoms with van der Waals surface area (Å²) in [7, 11) is 0. The van der Waals surface area contributed by atoms with Gasteiger partial charge in [0.1, 0.15) is 12.0 Å². The third kappa shape index (κ3) is 4.26. The average Bonchev–Trinajstić information content (AvgIpc) is 3.46. The summed E-state index contributed by atoms with van der Waals surface area (Å²) < 4.78 is 2.30. The minimum atomic E-state index is -0.131. The lowest BCUT2D eigenvalue weighted by Crippen LogP contribution is -2.40. The maximum Gasteiger partial charge on any atom is 0.145 e. The van der Waals surface area contributed by atoms with Crippen molar-refractivity contribution in [3.8, 4) is 39.3 Å².